The van der Waals surface area contributed by atoms with Gasteiger partial charge < -0.3 is 0 Å². The number of benzene rings is 6. The lowest BCUT2D eigenvalue weighted by atomic mass is 9.81. The minimum Gasteiger partial charge on any atom is -0.135 e. The maximum atomic E-state index is 2.50. The highest BCUT2D eigenvalue weighted by Gasteiger charge is 2.36. The van der Waals surface area contributed by atoms with Gasteiger partial charge in [0.05, 0.1) is 0 Å². The van der Waals surface area contributed by atoms with Crippen LogP contribution in [0.1, 0.15) is 25.0 Å². The van der Waals surface area contributed by atoms with Crippen LogP contribution in [0.15, 0.2) is 103 Å². The van der Waals surface area contributed by atoms with Crippen molar-refractivity contribution in [2.45, 2.75) is 19.3 Å². The van der Waals surface area contributed by atoms with Crippen LogP contribution in [0.25, 0.3) is 64.0 Å². The molecule has 0 saturated carbocycles. The molecule has 0 saturated heterocycles. The number of fused-ring (bicyclic) bond motifs is 9. The third-order valence-electron chi connectivity index (χ3n) is 8.34. The van der Waals surface area contributed by atoms with Crippen LogP contribution in [0.2, 0.25) is 0 Å². The Hall–Kier alpha value is -3.21. The highest BCUT2D eigenvalue weighted by atomic mass is 127. The lowest BCUT2D eigenvalue weighted by molar-refractivity contribution is 0.661. The molecule has 1 aliphatic carbocycles. The van der Waals surface area contributed by atoms with Gasteiger partial charge in [0, 0.05) is 29.2 Å². The molecular formula is C35H23IS. The Morgan fingerprint density at radius 2 is 1.32 bits per heavy atom. The molecular weight excluding hydrogens is 579 g/mol. The summed E-state index contributed by atoms with van der Waals surface area (Å²) in [6.45, 7) is 4.77. The first-order valence-electron chi connectivity index (χ1n) is 12.7. The molecule has 2 heteroatoms. The Bertz CT molecular complexity index is 2080. The van der Waals surface area contributed by atoms with Crippen molar-refractivity contribution < 1.29 is 0 Å². The monoisotopic (exact) mass is 602 g/mol. The third-order valence-corrected chi connectivity index (χ3v) is 10.4. The maximum absolute atomic E-state index is 2.50. The summed E-state index contributed by atoms with van der Waals surface area (Å²) in [7, 11) is 0. The van der Waals surface area contributed by atoms with Gasteiger partial charge >= 0.3 is 0 Å². The summed E-state index contributed by atoms with van der Waals surface area (Å²) in [6, 6.07) is 38.7. The van der Waals surface area contributed by atoms with E-state index in [1.165, 1.54) is 78.7 Å². The Labute approximate surface area is 233 Å². The largest absolute Gasteiger partial charge is 0.135 e. The lowest BCUT2D eigenvalue weighted by Crippen LogP contribution is -2.14. The normalized spacial score (nSPS) is 14.0. The van der Waals surface area contributed by atoms with Crippen LogP contribution < -0.4 is 0 Å². The van der Waals surface area contributed by atoms with Crippen molar-refractivity contribution in [3.8, 4) is 22.3 Å². The molecule has 1 aliphatic rings. The van der Waals surface area contributed by atoms with Gasteiger partial charge in [-0.2, -0.15) is 0 Å². The number of halogens is 1. The van der Waals surface area contributed by atoms with E-state index in [-0.39, 0.29) is 5.41 Å². The summed E-state index contributed by atoms with van der Waals surface area (Å²) in [6.07, 6.45) is 0. The summed E-state index contributed by atoms with van der Waals surface area (Å²) >= 11 is 4.37. The summed E-state index contributed by atoms with van der Waals surface area (Å²) in [4.78, 5) is 0. The zero-order valence-electron chi connectivity index (χ0n) is 20.6. The number of hydrogen-bond acceptors (Lipinski definition) is 1. The molecule has 8 rings (SSSR count). The summed E-state index contributed by atoms with van der Waals surface area (Å²) in [5.74, 6) is 0. The molecule has 0 atom stereocenters. The van der Waals surface area contributed by atoms with Gasteiger partial charge in [-0.05, 0) is 108 Å². The summed E-state index contributed by atoms with van der Waals surface area (Å²) in [5.41, 5.74) is 8.19. The first-order valence-corrected chi connectivity index (χ1v) is 14.6. The van der Waals surface area contributed by atoms with Gasteiger partial charge in [-0.15, -0.1) is 11.3 Å². The van der Waals surface area contributed by atoms with E-state index in [9.17, 15) is 0 Å². The van der Waals surface area contributed by atoms with Gasteiger partial charge in [0.2, 0.25) is 0 Å². The minimum absolute atomic E-state index is 0.0373. The van der Waals surface area contributed by atoms with Gasteiger partial charge in [-0.25, -0.2) is 0 Å². The van der Waals surface area contributed by atoms with E-state index in [0.717, 1.165) is 0 Å². The van der Waals surface area contributed by atoms with Crippen molar-refractivity contribution in [2.75, 3.05) is 0 Å². The molecule has 176 valence electrons. The molecule has 7 aromatic rings. The molecule has 0 radical (unpaired) electrons. The van der Waals surface area contributed by atoms with E-state index >= 15 is 0 Å². The molecule has 0 amide bonds. The average molecular weight is 603 g/mol. The van der Waals surface area contributed by atoms with Crippen LogP contribution in [0, 0.1) is 3.57 Å². The average Bonchev–Trinajstić information content (AvgIpc) is 3.40. The fourth-order valence-electron chi connectivity index (χ4n) is 6.47. The number of thiophene rings is 1. The van der Waals surface area contributed by atoms with Gasteiger partial charge in [-0.3, -0.25) is 0 Å². The molecule has 6 aromatic carbocycles. The molecule has 0 nitrogen and oxygen atoms in total. The first-order chi connectivity index (χ1) is 18.0. The van der Waals surface area contributed by atoms with Crippen LogP contribution >= 0.6 is 33.9 Å². The van der Waals surface area contributed by atoms with Crippen LogP contribution in [0.5, 0.6) is 0 Å². The highest BCUT2D eigenvalue weighted by Crippen LogP contribution is 2.53. The Morgan fingerprint density at radius 1 is 0.568 bits per heavy atom. The lowest BCUT2D eigenvalue weighted by Gasteiger charge is -2.22. The van der Waals surface area contributed by atoms with Crippen LogP contribution in [-0.4, -0.2) is 0 Å². The van der Waals surface area contributed by atoms with E-state index in [0.29, 0.717) is 0 Å². The Balaban J connectivity index is 1.40. The smallest absolute Gasteiger partial charge is 0.0362 e. The van der Waals surface area contributed by atoms with Gasteiger partial charge in [0.1, 0.15) is 0 Å². The van der Waals surface area contributed by atoms with Crippen molar-refractivity contribution in [1.82, 2.24) is 0 Å². The fraction of sp³-hybridized carbons (Fsp3) is 0.0857. The zero-order chi connectivity index (χ0) is 24.9. The van der Waals surface area contributed by atoms with E-state index in [1.54, 1.807) is 0 Å². The van der Waals surface area contributed by atoms with E-state index < -0.39 is 0 Å². The predicted molar refractivity (Wildman–Crippen MR) is 170 cm³/mol. The molecule has 1 aromatic heterocycles. The van der Waals surface area contributed by atoms with E-state index in [2.05, 4.69) is 140 Å². The zero-order valence-corrected chi connectivity index (χ0v) is 23.6. The van der Waals surface area contributed by atoms with Crippen LogP contribution in [0.3, 0.4) is 0 Å². The predicted octanol–water partition coefficient (Wildman–Crippen LogP) is 10.9. The van der Waals surface area contributed by atoms with Crippen molar-refractivity contribution in [3.63, 3.8) is 0 Å². The minimum atomic E-state index is -0.0373. The maximum Gasteiger partial charge on any atom is 0.0362 e. The summed E-state index contributed by atoms with van der Waals surface area (Å²) in [5, 5.41) is 8.10. The summed E-state index contributed by atoms with van der Waals surface area (Å²) < 4.78 is 4.04. The molecule has 0 aliphatic heterocycles. The second-order valence-corrected chi connectivity index (χ2v) is 12.9. The standard InChI is InChI=1S/C35H23IS/c1-35(2)29-14-11-21(22-13-15-31(36)25-10-6-5-9-24(22)25)17-26(29)27-19-33-28(18-30(27)35)34-23-8-4-3-7-20(23)12-16-32(34)37-33/h3-19H,1-2H3. The molecule has 0 N–H and O–H groups in total. The van der Waals surface area contributed by atoms with E-state index in [4.69, 9.17) is 0 Å². The van der Waals surface area contributed by atoms with Crippen LogP contribution in [0.4, 0.5) is 0 Å². The Morgan fingerprint density at radius 3 is 2.19 bits per heavy atom. The fourth-order valence-corrected chi connectivity index (χ4v) is 8.26. The third kappa shape index (κ3) is 3.00. The van der Waals surface area contributed by atoms with Gasteiger partial charge in [-0.1, -0.05) is 86.6 Å². The topological polar surface area (TPSA) is 0 Å². The molecule has 0 bridgehead atoms. The van der Waals surface area contributed by atoms with Gasteiger partial charge in [0.25, 0.3) is 0 Å². The second-order valence-electron chi connectivity index (χ2n) is 10.7. The highest BCUT2D eigenvalue weighted by molar-refractivity contribution is 14.1. The second kappa shape index (κ2) is 7.66. The molecule has 0 spiro atoms. The van der Waals surface area contributed by atoms with Crippen molar-refractivity contribution >= 4 is 75.6 Å². The van der Waals surface area contributed by atoms with Crippen molar-refractivity contribution in [1.29, 1.82) is 0 Å². The van der Waals surface area contributed by atoms with E-state index in [1.807, 2.05) is 11.3 Å². The van der Waals surface area contributed by atoms with Crippen molar-refractivity contribution in [2.24, 2.45) is 0 Å². The number of rotatable bonds is 1. The van der Waals surface area contributed by atoms with Gasteiger partial charge in [0.15, 0.2) is 0 Å². The first kappa shape index (κ1) is 21.8. The molecule has 0 fully saturated rings. The molecule has 1 heterocycles. The van der Waals surface area contributed by atoms with Crippen LogP contribution in [-0.2, 0) is 5.41 Å². The molecule has 37 heavy (non-hydrogen) atoms. The Kier molecular flexibility index (Phi) is 4.52. The quantitative estimate of drug-likeness (QED) is 0.164. The number of hydrogen-bond donors (Lipinski definition) is 0. The van der Waals surface area contributed by atoms with Crippen molar-refractivity contribution in [3.05, 3.63) is 118 Å². The molecule has 0 unspecified atom stereocenters. The SMILES string of the molecule is CC1(C)c2ccc(-c3ccc(I)c4ccccc34)cc2-c2cc3sc4ccc5ccccc5c4c3cc21.